The van der Waals surface area contributed by atoms with Crippen LogP contribution in [0.1, 0.15) is 15.9 Å². The Bertz CT molecular complexity index is 1260. The van der Waals surface area contributed by atoms with E-state index in [-0.39, 0.29) is 17.9 Å². The van der Waals surface area contributed by atoms with Gasteiger partial charge in [0.2, 0.25) is 0 Å². The highest BCUT2D eigenvalue weighted by molar-refractivity contribution is 9.12. The van der Waals surface area contributed by atoms with Gasteiger partial charge in [-0.05, 0) is 90.3 Å². The molecule has 12 heteroatoms. The number of benzene rings is 3. The molecule has 3 aromatic carbocycles. The first-order valence-corrected chi connectivity index (χ1v) is 13.2. The van der Waals surface area contributed by atoms with Gasteiger partial charge in [0.1, 0.15) is 11.6 Å². The van der Waals surface area contributed by atoms with E-state index in [2.05, 4.69) is 90.2 Å². The molecule has 34 heavy (non-hydrogen) atoms. The van der Waals surface area contributed by atoms with Crippen molar-refractivity contribution in [2.45, 2.75) is 0 Å². The lowest BCUT2D eigenvalue weighted by Crippen LogP contribution is -2.24. The fourth-order valence-corrected chi connectivity index (χ4v) is 6.39. The molecule has 0 spiro atoms. The molecule has 0 aromatic heterocycles. The van der Waals surface area contributed by atoms with Gasteiger partial charge in [-0.15, -0.1) is 0 Å². The Hall–Kier alpha value is -1.60. The first-order chi connectivity index (χ1) is 16.1. The molecule has 0 saturated heterocycles. The van der Waals surface area contributed by atoms with Gasteiger partial charge in [-0.25, -0.2) is 14.6 Å². The number of esters is 1. The second-order valence-corrected chi connectivity index (χ2v) is 10.9. The molecule has 1 N–H and O–H groups in total. The van der Waals surface area contributed by atoms with Gasteiger partial charge in [0.05, 0.1) is 25.2 Å². The lowest BCUT2D eigenvalue weighted by atomic mass is 10.2. The third kappa shape index (κ3) is 7.45. The summed E-state index contributed by atoms with van der Waals surface area (Å²) in [5, 5.41) is 3.92. The molecule has 1 amide bonds. The van der Waals surface area contributed by atoms with Crippen molar-refractivity contribution in [2.75, 3.05) is 6.61 Å². The molecule has 6 nitrogen and oxygen atoms in total. The number of carbonyl (C=O) groups is 2. The highest BCUT2D eigenvalue weighted by atomic mass is 79.9. The minimum absolute atomic E-state index is 0.0495. The quantitative estimate of drug-likeness (QED) is 0.117. The molecule has 0 radical (unpaired) electrons. The maximum Gasteiger partial charge on any atom is 0.343 e. The van der Waals surface area contributed by atoms with Gasteiger partial charge < -0.3 is 9.47 Å². The van der Waals surface area contributed by atoms with Gasteiger partial charge in [-0.3, -0.25) is 4.79 Å². The summed E-state index contributed by atoms with van der Waals surface area (Å²) in [7, 11) is 0. The molecule has 0 aliphatic carbocycles. The van der Waals surface area contributed by atoms with Crippen molar-refractivity contribution < 1.29 is 23.5 Å². The van der Waals surface area contributed by atoms with Gasteiger partial charge in [-0.1, -0.05) is 37.9 Å². The number of hydrogen-bond acceptors (Lipinski definition) is 5. The maximum absolute atomic E-state index is 13.5. The number of nitrogens with one attached hydrogen (secondary N) is 1. The van der Waals surface area contributed by atoms with Gasteiger partial charge in [0, 0.05) is 14.5 Å². The van der Waals surface area contributed by atoms with Crippen LogP contribution in [0.2, 0.25) is 0 Å². The number of hydrazone groups is 1. The van der Waals surface area contributed by atoms with E-state index in [9.17, 15) is 14.0 Å². The Morgan fingerprint density at radius 1 is 0.912 bits per heavy atom. The van der Waals surface area contributed by atoms with E-state index in [1.807, 2.05) is 0 Å². The van der Waals surface area contributed by atoms with Crippen LogP contribution in [0, 0.1) is 5.82 Å². The summed E-state index contributed by atoms with van der Waals surface area (Å²) < 4.78 is 27.7. The molecule has 0 heterocycles. The van der Waals surface area contributed by atoms with E-state index in [1.165, 1.54) is 24.4 Å². The normalized spacial score (nSPS) is 10.9. The molecule has 0 saturated carbocycles. The summed E-state index contributed by atoms with van der Waals surface area (Å²) >= 11 is 16.8. The van der Waals surface area contributed by atoms with Crippen molar-refractivity contribution in [3.8, 4) is 11.5 Å². The SMILES string of the molecule is O=C(COc1c(Br)cc(Br)cc1Br)N/N=C/c1cc(Br)cc(Br)c1OC(=O)c1cccc(F)c1. The van der Waals surface area contributed by atoms with Crippen LogP contribution in [0.4, 0.5) is 4.39 Å². The summed E-state index contributed by atoms with van der Waals surface area (Å²) in [5.74, 6) is -1.21. The summed E-state index contributed by atoms with van der Waals surface area (Å²) in [6.45, 7) is -0.292. The Balaban J connectivity index is 1.69. The predicted molar refractivity (Wildman–Crippen MR) is 144 cm³/mol. The van der Waals surface area contributed by atoms with Gasteiger partial charge in [0.25, 0.3) is 5.91 Å². The predicted octanol–water partition coefficient (Wildman–Crippen LogP) is 7.39. The van der Waals surface area contributed by atoms with Gasteiger partial charge in [0.15, 0.2) is 12.4 Å². The summed E-state index contributed by atoms with van der Waals surface area (Å²) in [6, 6.07) is 12.0. The lowest BCUT2D eigenvalue weighted by molar-refractivity contribution is -0.123. The zero-order chi connectivity index (χ0) is 24.8. The lowest BCUT2D eigenvalue weighted by Gasteiger charge is -2.11. The van der Waals surface area contributed by atoms with E-state index >= 15 is 0 Å². The van der Waals surface area contributed by atoms with Crippen LogP contribution in [-0.2, 0) is 4.79 Å². The van der Waals surface area contributed by atoms with Crippen LogP contribution in [0.3, 0.4) is 0 Å². The van der Waals surface area contributed by atoms with Gasteiger partial charge in [-0.2, -0.15) is 5.10 Å². The molecule has 0 unspecified atom stereocenters. The summed E-state index contributed by atoms with van der Waals surface area (Å²) in [4.78, 5) is 24.7. The number of carbonyl (C=O) groups excluding carboxylic acids is 2. The second kappa shape index (κ2) is 12.4. The van der Waals surface area contributed by atoms with Crippen LogP contribution in [0.25, 0.3) is 0 Å². The molecule has 0 fully saturated rings. The Morgan fingerprint density at radius 3 is 2.18 bits per heavy atom. The Kier molecular flexibility index (Phi) is 9.84. The zero-order valence-corrected chi connectivity index (χ0v) is 24.7. The Morgan fingerprint density at radius 2 is 1.53 bits per heavy atom. The molecule has 3 aromatic rings. The zero-order valence-electron chi connectivity index (χ0n) is 16.8. The largest absolute Gasteiger partial charge is 0.481 e. The topological polar surface area (TPSA) is 77.0 Å². The average molecular weight is 787 g/mol. The first kappa shape index (κ1) is 27.0. The molecule has 0 aliphatic rings. The molecule has 176 valence electrons. The number of nitrogens with zero attached hydrogens (tertiary/aromatic N) is 1. The smallest absolute Gasteiger partial charge is 0.343 e. The van der Waals surface area contributed by atoms with Crippen molar-refractivity contribution in [1.29, 1.82) is 0 Å². The highest BCUT2D eigenvalue weighted by Gasteiger charge is 2.16. The maximum atomic E-state index is 13.5. The molecule has 3 rings (SSSR count). The van der Waals surface area contributed by atoms with E-state index in [1.54, 1.807) is 24.3 Å². The Labute approximate surface area is 235 Å². The van der Waals surface area contributed by atoms with E-state index in [0.29, 0.717) is 29.2 Å². The molecule has 0 aliphatic heterocycles. The number of ether oxygens (including phenoxy) is 2. The molecular weight excluding hydrogens is 775 g/mol. The minimum atomic E-state index is -0.750. The van der Waals surface area contributed by atoms with E-state index in [4.69, 9.17) is 9.47 Å². The highest BCUT2D eigenvalue weighted by Crippen LogP contribution is 2.36. The van der Waals surface area contributed by atoms with Crippen molar-refractivity contribution in [1.82, 2.24) is 5.43 Å². The van der Waals surface area contributed by atoms with Crippen LogP contribution >= 0.6 is 79.6 Å². The fourth-order valence-electron chi connectivity index (χ4n) is 2.56. The third-order valence-corrected chi connectivity index (χ3v) is 6.68. The number of hydrogen-bond donors (Lipinski definition) is 1. The van der Waals surface area contributed by atoms with Crippen LogP contribution in [0.15, 0.2) is 76.0 Å². The van der Waals surface area contributed by atoms with Crippen molar-refractivity contribution in [3.05, 3.63) is 87.8 Å². The van der Waals surface area contributed by atoms with Crippen LogP contribution < -0.4 is 14.9 Å². The third-order valence-electron chi connectivity index (χ3n) is 4.00. The summed E-state index contributed by atoms with van der Waals surface area (Å²) in [6.07, 6.45) is 1.31. The standard InChI is InChI=1S/C22H12Br5FN2O4/c23-13-4-12(20(16(25)6-13)34-22(32)11-2-1-3-15(28)5-11)9-29-30-19(31)10-33-21-17(26)7-14(24)8-18(21)27/h1-9H,10H2,(H,30,31)/b29-9+. The second-order valence-electron chi connectivity index (χ2n) is 6.49. The molecule has 0 atom stereocenters. The van der Waals surface area contributed by atoms with Crippen LogP contribution in [0.5, 0.6) is 11.5 Å². The minimum Gasteiger partial charge on any atom is -0.481 e. The monoisotopic (exact) mass is 782 g/mol. The van der Waals surface area contributed by atoms with E-state index < -0.39 is 17.7 Å². The number of amides is 1. The van der Waals surface area contributed by atoms with Gasteiger partial charge >= 0.3 is 5.97 Å². The summed E-state index contributed by atoms with van der Waals surface area (Å²) in [5.41, 5.74) is 2.78. The van der Waals surface area contributed by atoms with Crippen molar-refractivity contribution in [2.24, 2.45) is 5.10 Å². The number of rotatable bonds is 7. The molecular formula is C22H12Br5FN2O4. The van der Waals surface area contributed by atoms with Crippen molar-refractivity contribution in [3.63, 3.8) is 0 Å². The number of halogens is 6. The average Bonchev–Trinajstić information content (AvgIpc) is 2.75. The molecule has 0 bridgehead atoms. The first-order valence-electron chi connectivity index (χ1n) is 9.20. The van der Waals surface area contributed by atoms with Crippen molar-refractivity contribution >= 4 is 97.7 Å². The van der Waals surface area contributed by atoms with E-state index in [0.717, 1.165) is 10.5 Å². The fraction of sp³-hybridized carbons (Fsp3) is 0.0455. The van der Waals surface area contributed by atoms with Crippen LogP contribution in [-0.4, -0.2) is 24.7 Å².